The van der Waals surface area contributed by atoms with Crippen molar-refractivity contribution in [1.82, 2.24) is 14.8 Å². The second kappa shape index (κ2) is 5.20. The topological polar surface area (TPSA) is 120 Å². The Balaban J connectivity index is 2.13. The van der Waals surface area contributed by atoms with Crippen LogP contribution in [0, 0.1) is 13.8 Å². The number of fused-ring (bicyclic) bond motifs is 1. The van der Waals surface area contributed by atoms with E-state index in [9.17, 15) is 9.90 Å². The van der Waals surface area contributed by atoms with Crippen molar-refractivity contribution in [1.29, 1.82) is 0 Å². The summed E-state index contributed by atoms with van der Waals surface area (Å²) in [5, 5.41) is 18.6. The summed E-state index contributed by atoms with van der Waals surface area (Å²) in [4.78, 5) is 12.0. The highest BCUT2D eigenvalue weighted by molar-refractivity contribution is 6.10. The van der Waals surface area contributed by atoms with Gasteiger partial charge in [0.05, 0.1) is 16.9 Å². The zero-order valence-corrected chi connectivity index (χ0v) is 14.1. The summed E-state index contributed by atoms with van der Waals surface area (Å²) in [7, 11) is 0. The van der Waals surface area contributed by atoms with E-state index < -0.39 is 5.91 Å². The number of amides is 1. The number of anilines is 1. The van der Waals surface area contributed by atoms with Gasteiger partial charge in [0.2, 0.25) is 0 Å². The van der Waals surface area contributed by atoms with E-state index in [-0.39, 0.29) is 17.1 Å². The number of rotatable bonds is 3. The standard InChI is InChI=1S/C18H19N5O2/c1-8-3-6-13(24)9(2)16(8)23-12-7-11(10-4-5-10)21-22-15(12)14(17(23)19)18(20)25/h3,6-7,10,24H,4-5,19H2,1-2H3,(H2,20,25). The molecule has 1 aliphatic carbocycles. The van der Waals surface area contributed by atoms with Crippen molar-refractivity contribution >= 4 is 22.8 Å². The van der Waals surface area contributed by atoms with Crippen molar-refractivity contribution < 1.29 is 9.90 Å². The summed E-state index contributed by atoms with van der Waals surface area (Å²) >= 11 is 0. The van der Waals surface area contributed by atoms with Gasteiger partial charge in [-0.3, -0.25) is 9.36 Å². The Kier molecular flexibility index (Phi) is 3.21. The minimum Gasteiger partial charge on any atom is -0.508 e. The first-order valence-electron chi connectivity index (χ1n) is 8.17. The third-order valence-electron chi connectivity index (χ3n) is 4.84. The van der Waals surface area contributed by atoms with Crippen LogP contribution in [0.3, 0.4) is 0 Å². The van der Waals surface area contributed by atoms with E-state index in [1.807, 2.05) is 26.0 Å². The molecule has 0 spiro atoms. The van der Waals surface area contributed by atoms with Gasteiger partial charge in [0.25, 0.3) is 5.91 Å². The summed E-state index contributed by atoms with van der Waals surface area (Å²) in [5.74, 6) is 0.128. The van der Waals surface area contributed by atoms with Gasteiger partial charge in [-0.15, -0.1) is 5.10 Å². The number of phenols is 1. The Morgan fingerprint density at radius 2 is 2.00 bits per heavy atom. The molecule has 0 saturated heterocycles. The summed E-state index contributed by atoms with van der Waals surface area (Å²) < 4.78 is 1.75. The Bertz CT molecular complexity index is 1030. The molecule has 5 N–H and O–H groups in total. The number of nitrogen functional groups attached to an aromatic ring is 1. The van der Waals surface area contributed by atoms with Gasteiger partial charge in [-0.25, -0.2) is 0 Å². The van der Waals surface area contributed by atoms with Gasteiger partial charge in [0.1, 0.15) is 22.6 Å². The number of hydrogen-bond donors (Lipinski definition) is 3. The quantitative estimate of drug-likeness (QED) is 0.677. The molecule has 1 amide bonds. The SMILES string of the molecule is Cc1ccc(O)c(C)c1-n1c(N)c(C(N)=O)c2nnc(C3CC3)cc21. The largest absolute Gasteiger partial charge is 0.508 e. The number of phenolic OH excluding ortho intramolecular Hbond substituents is 1. The van der Waals surface area contributed by atoms with Crippen molar-refractivity contribution in [2.75, 3.05) is 5.73 Å². The minimum atomic E-state index is -0.648. The van der Waals surface area contributed by atoms with Crippen molar-refractivity contribution in [3.8, 4) is 11.4 Å². The van der Waals surface area contributed by atoms with Crippen molar-refractivity contribution in [3.05, 3.63) is 40.6 Å². The van der Waals surface area contributed by atoms with E-state index in [1.54, 1.807) is 10.6 Å². The Morgan fingerprint density at radius 1 is 1.28 bits per heavy atom. The highest BCUT2D eigenvalue weighted by atomic mass is 16.3. The second-order valence-electron chi connectivity index (χ2n) is 6.61. The molecule has 0 atom stereocenters. The third kappa shape index (κ3) is 2.23. The van der Waals surface area contributed by atoms with Gasteiger partial charge in [0.15, 0.2) is 0 Å². The summed E-state index contributed by atoms with van der Waals surface area (Å²) in [6, 6.07) is 5.37. The summed E-state index contributed by atoms with van der Waals surface area (Å²) in [5.41, 5.74) is 16.3. The van der Waals surface area contributed by atoms with E-state index in [4.69, 9.17) is 11.5 Å². The van der Waals surface area contributed by atoms with Crippen LogP contribution in [-0.2, 0) is 0 Å². The molecule has 1 aromatic carbocycles. The van der Waals surface area contributed by atoms with E-state index >= 15 is 0 Å². The number of nitrogens with two attached hydrogens (primary N) is 2. The molecule has 0 bridgehead atoms. The molecule has 1 saturated carbocycles. The number of aromatic hydroxyl groups is 1. The fraction of sp³-hybridized carbons (Fsp3) is 0.278. The number of carbonyl (C=O) groups excluding carboxylic acids is 1. The van der Waals surface area contributed by atoms with Crippen LogP contribution in [0.15, 0.2) is 18.2 Å². The molecule has 1 aliphatic rings. The van der Waals surface area contributed by atoms with Crippen LogP contribution in [-0.4, -0.2) is 25.8 Å². The van der Waals surface area contributed by atoms with E-state index in [0.717, 1.165) is 29.8 Å². The lowest BCUT2D eigenvalue weighted by Gasteiger charge is -2.15. The van der Waals surface area contributed by atoms with Gasteiger partial charge >= 0.3 is 0 Å². The third-order valence-corrected chi connectivity index (χ3v) is 4.84. The Labute approximate surface area is 144 Å². The molecule has 3 aromatic rings. The molecule has 0 unspecified atom stereocenters. The normalized spacial score (nSPS) is 14.2. The number of aryl methyl sites for hydroxylation is 1. The molecule has 0 radical (unpaired) electrons. The molecular formula is C18H19N5O2. The van der Waals surface area contributed by atoms with Gasteiger partial charge in [-0.05, 0) is 44.4 Å². The molecule has 4 rings (SSSR count). The lowest BCUT2D eigenvalue weighted by Crippen LogP contribution is -2.14. The lowest BCUT2D eigenvalue weighted by atomic mass is 10.1. The van der Waals surface area contributed by atoms with Gasteiger partial charge in [-0.2, -0.15) is 5.10 Å². The number of nitrogens with zero attached hydrogens (tertiary/aromatic N) is 3. The maximum Gasteiger partial charge on any atom is 0.254 e. The molecule has 1 fully saturated rings. The molecule has 7 heteroatoms. The van der Waals surface area contributed by atoms with Crippen LogP contribution in [0.25, 0.3) is 16.7 Å². The minimum absolute atomic E-state index is 0.159. The number of hydrogen-bond acceptors (Lipinski definition) is 5. The summed E-state index contributed by atoms with van der Waals surface area (Å²) in [6.07, 6.45) is 2.17. The zero-order chi connectivity index (χ0) is 17.9. The molecule has 2 aromatic heterocycles. The number of aromatic nitrogens is 3. The van der Waals surface area contributed by atoms with E-state index in [0.29, 0.717) is 22.5 Å². The van der Waals surface area contributed by atoms with Crippen molar-refractivity contribution in [2.24, 2.45) is 5.73 Å². The number of carbonyl (C=O) groups is 1. The first-order valence-corrected chi connectivity index (χ1v) is 8.17. The van der Waals surface area contributed by atoms with Crippen LogP contribution in [0.5, 0.6) is 5.75 Å². The fourth-order valence-corrected chi connectivity index (χ4v) is 3.34. The Morgan fingerprint density at radius 3 is 2.64 bits per heavy atom. The monoisotopic (exact) mass is 337 g/mol. The summed E-state index contributed by atoms with van der Waals surface area (Å²) in [6.45, 7) is 3.73. The van der Waals surface area contributed by atoms with Crippen molar-refractivity contribution in [3.63, 3.8) is 0 Å². The maximum atomic E-state index is 12.0. The van der Waals surface area contributed by atoms with Crippen LogP contribution >= 0.6 is 0 Å². The molecular weight excluding hydrogens is 318 g/mol. The van der Waals surface area contributed by atoms with E-state index in [2.05, 4.69) is 10.2 Å². The van der Waals surface area contributed by atoms with Crippen molar-refractivity contribution in [2.45, 2.75) is 32.6 Å². The highest BCUT2D eigenvalue weighted by Crippen LogP contribution is 2.41. The van der Waals surface area contributed by atoms with Crippen LogP contribution in [0.1, 0.15) is 45.9 Å². The van der Waals surface area contributed by atoms with Gasteiger partial charge < -0.3 is 16.6 Å². The first-order chi connectivity index (χ1) is 11.9. The second-order valence-corrected chi connectivity index (χ2v) is 6.61. The van der Waals surface area contributed by atoms with Crippen LogP contribution < -0.4 is 11.5 Å². The van der Waals surface area contributed by atoms with Gasteiger partial charge in [0, 0.05) is 11.5 Å². The van der Waals surface area contributed by atoms with Crippen LogP contribution in [0.4, 0.5) is 5.82 Å². The Hall–Kier alpha value is -3.09. The van der Waals surface area contributed by atoms with Gasteiger partial charge in [-0.1, -0.05) is 6.07 Å². The highest BCUT2D eigenvalue weighted by Gasteiger charge is 2.29. The smallest absolute Gasteiger partial charge is 0.254 e. The average Bonchev–Trinajstić information content (AvgIpc) is 3.36. The number of benzene rings is 1. The predicted octanol–water partition coefficient (Wildman–Crippen LogP) is 2.30. The predicted molar refractivity (Wildman–Crippen MR) is 94.9 cm³/mol. The van der Waals surface area contributed by atoms with E-state index in [1.165, 1.54) is 0 Å². The lowest BCUT2D eigenvalue weighted by molar-refractivity contribution is 0.100. The average molecular weight is 337 g/mol. The maximum absolute atomic E-state index is 12.0. The molecule has 7 nitrogen and oxygen atoms in total. The molecule has 0 aliphatic heterocycles. The molecule has 25 heavy (non-hydrogen) atoms. The van der Waals surface area contributed by atoms with Crippen LogP contribution in [0.2, 0.25) is 0 Å². The zero-order valence-electron chi connectivity index (χ0n) is 14.1. The molecule has 2 heterocycles. The fourth-order valence-electron chi connectivity index (χ4n) is 3.34. The molecule has 128 valence electrons. The number of primary amides is 1. The first kappa shape index (κ1) is 15.4.